The lowest BCUT2D eigenvalue weighted by Crippen LogP contribution is -2.03. The highest BCUT2D eigenvalue weighted by molar-refractivity contribution is 6.09. The zero-order chi connectivity index (χ0) is 14.0. The fraction of sp³-hybridized carbons (Fsp3) is 0.0714. The smallest absolute Gasteiger partial charge is 0.311 e. The molecule has 0 heterocycles. The summed E-state index contributed by atoms with van der Waals surface area (Å²) in [6.45, 7) is 1.52. The highest BCUT2D eigenvalue weighted by atomic mass is 16.6. The van der Waals surface area contributed by atoms with Crippen molar-refractivity contribution in [1.82, 2.24) is 0 Å². The molecule has 0 amide bonds. The number of nitrogens with zero attached hydrogens (tertiary/aromatic N) is 1. The maximum Gasteiger partial charge on any atom is 0.311 e. The van der Waals surface area contributed by atoms with Gasteiger partial charge in [0, 0.05) is 17.2 Å². The molecule has 2 rings (SSSR count). The standard InChI is InChI=1S/C14H11NO4/c1-9-7-11(8-12(13(9)16)15(18)19)14(17)10-5-3-2-4-6-10/h2-8,16H,1H3. The molecule has 0 saturated heterocycles. The van der Waals surface area contributed by atoms with Crippen LogP contribution < -0.4 is 0 Å². The molecular formula is C14H11NO4. The molecule has 0 atom stereocenters. The van der Waals surface area contributed by atoms with Crippen LogP contribution in [0.25, 0.3) is 0 Å². The van der Waals surface area contributed by atoms with Gasteiger partial charge in [-0.3, -0.25) is 14.9 Å². The third-order valence-corrected chi connectivity index (χ3v) is 2.78. The van der Waals surface area contributed by atoms with E-state index in [9.17, 15) is 20.0 Å². The first-order valence-electron chi connectivity index (χ1n) is 5.58. The molecule has 0 aliphatic heterocycles. The molecule has 0 spiro atoms. The second kappa shape index (κ2) is 4.89. The number of nitro benzene ring substituents is 1. The predicted molar refractivity (Wildman–Crippen MR) is 69.4 cm³/mol. The number of carbonyl (C=O) groups is 1. The summed E-state index contributed by atoms with van der Waals surface area (Å²) in [7, 11) is 0. The molecule has 5 nitrogen and oxygen atoms in total. The molecule has 5 heteroatoms. The number of rotatable bonds is 3. The van der Waals surface area contributed by atoms with Crippen LogP contribution in [0.1, 0.15) is 21.5 Å². The third-order valence-electron chi connectivity index (χ3n) is 2.78. The van der Waals surface area contributed by atoms with Crippen molar-refractivity contribution in [3.8, 4) is 5.75 Å². The van der Waals surface area contributed by atoms with Gasteiger partial charge in [0.15, 0.2) is 11.5 Å². The predicted octanol–water partition coefficient (Wildman–Crippen LogP) is 2.84. The van der Waals surface area contributed by atoms with E-state index in [-0.39, 0.29) is 11.3 Å². The number of aryl methyl sites for hydroxylation is 1. The summed E-state index contributed by atoms with van der Waals surface area (Å²) in [5.74, 6) is -0.721. The zero-order valence-electron chi connectivity index (χ0n) is 10.2. The van der Waals surface area contributed by atoms with E-state index in [1.165, 1.54) is 13.0 Å². The Kier molecular flexibility index (Phi) is 3.29. The van der Waals surface area contributed by atoms with E-state index in [1.54, 1.807) is 30.3 Å². The SMILES string of the molecule is Cc1cc(C(=O)c2ccccc2)cc([N+](=O)[O-])c1O. The number of benzene rings is 2. The Morgan fingerprint density at radius 2 is 1.79 bits per heavy atom. The fourth-order valence-electron chi connectivity index (χ4n) is 1.79. The molecule has 1 N–H and O–H groups in total. The van der Waals surface area contributed by atoms with Gasteiger partial charge < -0.3 is 5.11 Å². The Morgan fingerprint density at radius 3 is 2.37 bits per heavy atom. The van der Waals surface area contributed by atoms with Crippen molar-refractivity contribution in [3.05, 3.63) is 69.3 Å². The average molecular weight is 257 g/mol. The Labute approximate surface area is 109 Å². The van der Waals surface area contributed by atoms with Crippen molar-refractivity contribution in [1.29, 1.82) is 0 Å². The highest BCUT2D eigenvalue weighted by Crippen LogP contribution is 2.31. The number of hydrogen-bond acceptors (Lipinski definition) is 4. The Hall–Kier alpha value is -2.69. The van der Waals surface area contributed by atoms with Crippen LogP contribution in [0.4, 0.5) is 5.69 Å². The molecule has 2 aromatic rings. The van der Waals surface area contributed by atoms with Gasteiger partial charge in [-0.25, -0.2) is 0 Å². The third kappa shape index (κ3) is 2.44. The topological polar surface area (TPSA) is 80.4 Å². The van der Waals surface area contributed by atoms with Crippen molar-refractivity contribution in [2.24, 2.45) is 0 Å². The van der Waals surface area contributed by atoms with Crippen molar-refractivity contribution < 1.29 is 14.8 Å². The summed E-state index contributed by atoms with van der Waals surface area (Å²) in [4.78, 5) is 22.3. The van der Waals surface area contributed by atoms with Gasteiger partial charge in [-0.1, -0.05) is 30.3 Å². The van der Waals surface area contributed by atoms with Crippen LogP contribution in [-0.4, -0.2) is 15.8 Å². The molecule has 96 valence electrons. The molecule has 0 radical (unpaired) electrons. The van der Waals surface area contributed by atoms with Crippen LogP contribution in [0.2, 0.25) is 0 Å². The number of phenols is 1. The molecule has 0 aromatic heterocycles. The monoisotopic (exact) mass is 257 g/mol. The number of phenolic OH excluding ortho intramolecular Hbond substituents is 1. The molecule has 0 aliphatic carbocycles. The van der Waals surface area contributed by atoms with Crippen LogP contribution >= 0.6 is 0 Å². The van der Waals surface area contributed by atoms with Gasteiger partial charge in [0.25, 0.3) is 0 Å². The van der Waals surface area contributed by atoms with Gasteiger partial charge in [-0.15, -0.1) is 0 Å². The summed E-state index contributed by atoms with van der Waals surface area (Å²) in [5.41, 5.74) is 0.475. The number of ketones is 1. The minimum absolute atomic E-state index is 0.188. The summed E-state index contributed by atoms with van der Waals surface area (Å²) in [6, 6.07) is 11.0. The van der Waals surface area contributed by atoms with Crippen molar-refractivity contribution in [2.45, 2.75) is 6.92 Å². The van der Waals surface area contributed by atoms with Crippen molar-refractivity contribution in [3.63, 3.8) is 0 Å². The van der Waals surface area contributed by atoms with E-state index in [1.807, 2.05) is 0 Å². The molecule has 0 fully saturated rings. The van der Waals surface area contributed by atoms with E-state index in [4.69, 9.17) is 0 Å². The fourth-order valence-corrected chi connectivity index (χ4v) is 1.79. The minimum atomic E-state index is -0.704. The van der Waals surface area contributed by atoms with Crippen molar-refractivity contribution >= 4 is 11.5 Å². The van der Waals surface area contributed by atoms with E-state index in [0.717, 1.165) is 6.07 Å². The van der Waals surface area contributed by atoms with Gasteiger partial charge in [-0.05, 0) is 18.6 Å². The first-order valence-corrected chi connectivity index (χ1v) is 5.58. The average Bonchev–Trinajstić information content (AvgIpc) is 2.41. The van der Waals surface area contributed by atoms with E-state index < -0.39 is 16.4 Å². The summed E-state index contributed by atoms with van der Waals surface area (Å²) < 4.78 is 0. The van der Waals surface area contributed by atoms with E-state index in [2.05, 4.69) is 0 Å². The number of hydrogen-bond donors (Lipinski definition) is 1. The zero-order valence-corrected chi connectivity index (χ0v) is 10.2. The highest BCUT2D eigenvalue weighted by Gasteiger charge is 2.20. The van der Waals surface area contributed by atoms with E-state index >= 15 is 0 Å². The first-order chi connectivity index (χ1) is 9.00. The Morgan fingerprint density at radius 1 is 1.16 bits per heavy atom. The molecule has 19 heavy (non-hydrogen) atoms. The lowest BCUT2D eigenvalue weighted by molar-refractivity contribution is -0.385. The normalized spacial score (nSPS) is 10.2. The van der Waals surface area contributed by atoms with Gasteiger partial charge in [0.05, 0.1) is 4.92 Å². The molecule has 2 aromatic carbocycles. The lowest BCUT2D eigenvalue weighted by atomic mass is 10.0. The van der Waals surface area contributed by atoms with Crippen molar-refractivity contribution in [2.75, 3.05) is 0 Å². The van der Waals surface area contributed by atoms with Gasteiger partial charge in [0.1, 0.15) is 0 Å². The van der Waals surface area contributed by atoms with E-state index in [0.29, 0.717) is 11.1 Å². The maximum absolute atomic E-state index is 12.2. The lowest BCUT2D eigenvalue weighted by Gasteiger charge is -2.05. The van der Waals surface area contributed by atoms with Gasteiger partial charge in [-0.2, -0.15) is 0 Å². The summed E-state index contributed by atoms with van der Waals surface area (Å²) >= 11 is 0. The number of nitro groups is 1. The molecule has 0 saturated carbocycles. The summed E-state index contributed by atoms with van der Waals surface area (Å²) in [5, 5.41) is 20.4. The minimum Gasteiger partial charge on any atom is -0.502 e. The second-order valence-electron chi connectivity index (χ2n) is 4.11. The molecule has 0 aliphatic rings. The first kappa shape index (κ1) is 12.8. The second-order valence-corrected chi connectivity index (χ2v) is 4.11. The Balaban J connectivity index is 2.52. The Bertz CT molecular complexity index is 650. The number of aromatic hydroxyl groups is 1. The summed E-state index contributed by atoms with van der Waals surface area (Å²) in [6.07, 6.45) is 0. The largest absolute Gasteiger partial charge is 0.502 e. The molecule has 0 unspecified atom stereocenters. The van der Waals surface area contributed by atoms with Gasteiger partial charge in [0.2, 0.25) is 0 Å². The quantitative estimate of drug-likeness (QED) is 0.520. The molecule has 0 bridgehead atoms. The van der Waals surface area contributed by atoms with Crippen LogP contribution in [0.5, 0.6) is 5.75 Å². The molecular weight excluding hydrogens is 246 g/mol. The van der Waals surface area contributed by atoms with Crippen LogP contribution in [0.15, 0.2) is 42.5 Å². The van der Waals surface area contributed by atoms with Crippen LogP contribution in [-0.2, 0) is 0 Å². The number of carbonyl (C=O) groups excluding carboxylic acids is 1. The van der Waals surface area contributed by atoms with Gasteiger partial charge >= 0.3 is 5.69 Å². The maximum atomic E-state index is 12.2. The van der Waals surface area contributed by atoms with Crippen LogP contribution in [0.3, 0.4) is 0 Å². The van der Waals surface area contributed by atoms with Crippen LogP contribution in [0, 0.1) is 17.0 Å².